The van der Waals surface area contributed by atoms with E-state index in [4.69, 9.17) is 0 Å². The lowest BCUT2D eigenvalue weighted by atomic mass is 10.1. The second-order valence-electron chi connectivity index (χ2n) is 6.56. The monoisotopic (exact) mass is 228 g/mol. The second-order valence-corrected chi connectivity index (χ2v) is 6.56. The summed E-state index contributed by atoms with van der Waals surface area (Å²) >= 11 is 0. The Morgan fingerprint density at radius 2 is 1.31 bits per heavy atom. The summed E-state index contributed by atoms with van der Waals surface area (Å²) in [6.45, 7) is 15.7. The molecule has 0 aromatic rings. The summed E-state index contributed by atoms with van der Waals surface area (Å²) in [4.78, 5) is 0. The van der Waals surface area contributed by atoms with Gasteiger partial charge in [-0.2, -0.15) is 0 Å². The molecule has 0 heterocycles. The zero-order chi connectivity index (χ0) is 12.6. The smallest absolute Gasteiger partial charge is 0.0807 e. The van der Waals surface area contributed by atoms with Crippen LogP contribution in [0.2, 0.25) is 0 Å². The summed E-state index contributed by atoms with van der Waals surface area (Å²) in [7, 11) is 2.45. The Hall–Kier alpha value is -0.0400. The van der Waals surface area contributed by atoms with Crippen molar-refractivity contribution in [2.24, 2.45) is 11.8 Å². The summed E-state index contributed by atoms with van der Waals surface area (Å²) < 4.78 is 1.28. The van der Waals surface area contributed by atoms with Crippen LogP contribution in [0.25, 0.3) is 0 Å². The molecule has 0 amide bonds. The van der Waals surface area contributed by atoms with E-state index in [9.17, 15) is 0 Å². The van der Waals surface area contributed by atoms with Gasteiger partial charge in [-0.1, -0.05) is 47.5 Å². The minimum atomic E-state index is 0.815. The topological polar surface area (TPSA) is 0 Å². The van der Waals surface area contributed by atoms with Gasteiger partial charge in [0.05, 0.1) is 26.7 Å². The maximum atomic E-state index is 2.45. The molecule has 0 rings (SSSR count). The van der Waals surface area contributed by atoms with Crippen LogP contribution in [0, 0.1) is 11.8 Å². The summed E-state index contributed by atoms with van der Waals surface area (Å²) in [5.41, 5.74) is 0. The third-order valence-corrected chi connectivity index (χ3v) is 3.16. The fourth-order valence-corrected chi connectivity index (χ4v) is 2.94. The van der Waals surface area contributed by atoms with Gasteiger partial charge < -0.3 is 4.48 Å². The molecule has 16 heavy (non-hydrogen) atoms. The maximum Gasteiger partial charge on any atom is 0.0807 e. The quantitative estimate of drug-likeness (QED) is 0.407. The average Bonchev–Trinajstić information content (AvgIpc) is 2.09. The zero-order valence-electron chi connectivity index (χ0n) is 12.6. The number of unbranched alkanes of at least 4 members (excludes halogenated alkanes) is 3. The number of hydrogen-bond donors (Lipinski definition) is 0. The van der Waals surface area contributed by atoms with Gasteiger partial charge in [0.1, 0.15) is 0 Å². The van der Waals surface area contributed by atoms with Gasteiger partial charge in [0, 0.05) is 11.8 Å². The Kier molecular flexibility index (Phi) is 8.09. The van der Waals surface area contributed by atoms with Gasteiger partial charge in [-0.15, -0.1) is 0 Å². The van der Waals surface area contributed by atoms with Crippen molar-refractivity contribution >= 4 is 0 Å². The van der Waals surface area contributed by atoms with Crippen molar-refractivity contribution in [3.63, 3.8) is 0 Å². The standard InChI is InChI=1S/C15H34N/c1-7-8-9-10-11-16(6,12-14(2)3)13-15(4)5/h14-15H,7-13H2,1-6H3/q+1. The summed E-state index contributed by atoms with van der Waals surface area (Å²) in [5.74, 6) is 1.63. The van der Waals surface area contributed by atoms with E-state index in [-0.39, 0.29) is 0 Å². The average molecular weight is 228 g/mol. The van der Waals surface area contributed by atoms with Crippen molar-refractivity contribution in [3.8, 4) is 0 Å². The first-order valence-electron chi connectivity index (χ1n) is 7.23. The van der Waals surface area contributed by atoms with Crippen LogP contribution >= 0.6 is 0 Å². The summed E-state index contributed by atoms with van der Waals surface area (Å²) in [5, 5.41) is 0. The highest BCUT2D eigenvalue weighted by Crippen LogP contribution is 2.14. The molecule has 98 valence electrons. The van der Waals surface area contributed by atoms with Crippen molar-refractivity contribution < 1.29 is 4.48 Å². The highest BCUT2D eigenvalue weighted by molar-refractivity contribution is 4.50. The van der Waals surface area contributed by atoms with E-state index in [2.05, 4.69) is 41.7 Å². The molecule has 0 aliphatic heterocycles. The molecule has 0 aliphatic carbocycles. The van der Waals surface area contributed by atoms with Crippen molar-refractivity contribution in [2.45, 2.75) is 60.3 Å². The van der Waals surface area contributed by atoms with Crippen LogP contribution in [-0.2, 0) is 0 Å². The lowest BCUT2D eigenvalue weighted by molar-refractivity contribution is -0.915. The lowest BCUT2D eigenvalue weighted by Crippen LogP contribution is -2.49. The van der Waals surface area contributed by atoms with E-state index < -0.39 is 0 Å². The van der Waals surface area contributed by atoms with Gasteiger partial charge in [0.25, 0.3) is 0 Å². The van der Waals surface area contributed by atoms with Crippen LogP contribution in [0.3, 0.4) is 0 Å². The third kappa shape index (κ3) is 8.15. The fourth-order valence-electron chi connectivity index (χ4n) is 2.94. The fraction of sp³-hybridized carbons (Fsp3) is 1.00. The van der Waals surface area contributed by atoms with Gasteiger partial charge in [-0.3, -0.25) is 0 Å². The SMILES string of the molecule is CCCCCC[N+](C)(CC(C)C)CC(C)C. The molecule has 0 aliphatic rings. The van der Waals surface area contributed by atoms with E-state index >= 15 is 0 Å². The van der Waals surface area contributed by atoms with E-state index in [0.29, 0.717) is 0 Å². The first-order valence-corrected chi connectivity index (χ1v) is 7.23. The molecule has 1 nitrogen and oxygen atoms in total. The van der Waals surface area contributed by atoms with Crippen LogP contribution in [0.15, 0.2) is 0 Å². The van der Waals surface area contributed by atoms with Crippen LogP contribution in [0.5, 0.6) is 0 Å². The molecule has 0 radical (unpaired) electrons. The largest absolute Gasteiger partial charge is 0.326 e. The minimum absolute atomic E-state index is 0.815. The summed E-state index contributed by atoms with van der Waals surface area (Å²) in [6, 6.07) is 0. The van der Waals surface area contributed by atoms with Gasteiger partial charge in [-0.05, 0) is 12.8 Å². The van der Waals surface area contributed by atoms with Crippen molar-refractivity contribution in [1.29, 1.82) is 0 Å². The number of quaternary nitrogens is 1. The van der Waals surface area contributed by atoms with E-state index in [1.807, 2.05) is 0 Å². The third-order valence-electron chi connectivity index (χ3n) is 3.16. The van der Waals surface area contributed by atoms with Crippen LogP contribution < -0.4 is 0 Å². The predicted octanol–water partition coefficient (Wildman–Crippen LogP) is 4.33. The van der Waals surface area contributed by atoms with Crippen molar-refractivity contribution in [1.82, 2.24) is 0 Å². The first-order chi connectivity index (χ1) is 7.39. The van der Waals surface area contributed by atoms with Gasteiger partial charge in [0.15, 0.2) is 0 Å². The van der Waals surface area contributed by atoms with Gasteiger partial charge >= 0.3 is 0 Å². The zero-order valence-corrected chi connectivity index (χ0v) is 12.6. The number of rotatable bonds is 9. The van der Waals surface area contributed by atoms with Gasteiger partial charge in [0.2, 0.25) is 0 Å². The highest BCUT2D eigenvalue weighted by atomic mass is 15.3. The molecule has 0 bridgehead atoms. The highest BCUT2D eigenvalue weighted by Gasteiger charge is 2.23. The van der Waals surface area contributed by atoms with E-state index in [1.54, 1.807) is 0 Å². The van der Waals surface area contributed by atoms with E-state index in [1.165, 1.54) is 49.8 Å². The van der Waals surface area contributed by atoms with E-state index in [0.717, 1.165) is 11.8 Å². The molecular weight excluding hydrogens is 194 g/mol. The number of nitrogens with zero attached hydrogens (tertiary/aromatic N) is 1. The molecule has 0 aromatic carbocycles. The molecular formula is C15H34N+. The molecule has 0 N–H and O–H groups in total. The molecule has 0 fully saturated rings. The maximum absolute atomic E-state index is 2.45. The summed E-state index contributed by atoms with van der Waals surface area (Å²) in [6.07, 6.45) is 5.58. The molecule has 0 unspecified atom stereocenters. The Morgan fingerprint density at radius 1 is 0.812 bits per heavy atom. The molecule has 0 aromatic heterocycles. The Balaban J connectivity index is 4.08. The molecule has 1 heteroatoms. The second kappa shape index (κ2) is 8.11. The molecule has 0 spiro atoms. The van der Waals surface area contributed by atoms with Crippen LogP contribution in [-0.4, -0.2) is 31.2 Å². The normalized spacial score (nSPS) is 12.8. The Morgan fingerprint density at radius 3 is 1.69 bits per heavy atom. The first kappa shape index (κ1) is 16.0. The predicted molar refractivity (Wildman–Crippen MR) is 74.6 cm³/mol. The Bertz CT molecular complexity index is 151. The minimum Gasteiger partial charge on any atom is -0.326 e. The lowest BCUT2D eigenvalue weighted by Gasteiger charge is -2.37. The molecule has 0 atom stereocenters. The van der Waals surface area contributed by atoms with Crippen molar-refractivity contribution in [2.75, 3.05) is 26.7 Å². The van der Waals surface area contributed by atoms with Gasteiger partial charge in [-0.25, -0.2) is 0 Å². The van der Waals surface area contributed by atoms with Crippen LogP contribution in [0.1, 0.15) is 60.3 Å². The van der Waals surface area contributed by atoms with Crippen LogP contribution in [0.4, 0.5) is 0 Å². The molecule has 0 saturated carbocycles. The number of hydrogen-bond acceptors (Lipinski definition) is 0. The van der Waals surface area contributed by atoms with Crippen molar-refractivity contribution in [3.05, 3.63) is 0 Å². The molecule has 0 saturated heterocycles. The Labute approximate surface area is 104 Å².